The molecule has 0 unspecified atom stereocenters. The third-order valence-corrected chi connectivity index (χ3v) is 5.73. The number of aryl methyl sites for hydroxylation is 2. The van der Waals surface area contributed by atoms with E-state index in [-0.39, 0.29) is 18.3 Å². The van der Waals surface area contributed by atoms with Crippen molar-refractivity contribution in [3.8, 4) is 11.5 Å². The average Bonchev–Trinajstić information content (AvgIpc) is 3.19. The van der Waals surface area contributed by atoms with Gasteiger partial charge in [0.15, 0.2) is 22.5 Å². The third kappa shape index (κ3) is 6.01. The molecule has 0 aliphatic heterocycles. The molecule has 0 fully saturated rings. The van der Waals surface area contributed by atoms with E-state index in [1.54, 1.807) is 7.11 Å². The monoisotopic (exact) mass is 440 g/mol. The number of aromatic nitrogens is 3. The first-order valence-corrected chi connectivity index (χ1v) is 11.2. The molecule has 1 N–H and O–H groups in total. The highest BCUT2D eigenvalue weighted by Gasteiger charge is 2.15. The molecule has 0 aliphatic rings. The van der Waals surface area contributed by atoms with Crippen molar-refractivity contribution in [1.82, 2.24) is 14.8 Å². The van der Waals surface area contributed by atoms with Gasteiger partial charge in [-0.05, 0) is 55.7 Å². The molecule has 0 saturated heterocycles. The molecule has 0 bridgehead atoms. The van der Waals surface area contributed by atoms with E-state index in [0.717, 1.165) is 17.7 Å². The van der Waals surface area contributed by atoms with Crippen LogP contribution in [-0.2, 0) is 24.4 Å². The highest BCUT2D eigenvalue weighted by Crippen LogP contribution is 2.28. The number of ether oxygens (including phenoxy) is 2. The Morgan fingerprint density at radius 3 is 2.55 bits per heavy atom. The van der Waals surface area contributed by atoms with Gasteiger partial charge in [0.1, 0.15) is 6.61 Å². The highest BCUT2D eigenvalue weighted by atomic mass is 32.2. The summed E-state index contributed by atoms with van der Waals surface area (Å²) in [5.41, 5.74) is 3.13. The van der Waals surface area contributed by atoms with Crippen LogP contribution in [0.2, 0.25) is 0 Å². The van der Waals surface area contributed by atoms with Crippen LogP contribution in [0.1, 0.15) is 30.8 Å². The quantitative estimate of drug-likeness (QED) is 0.468. The number of methoxy groups -OCH3 is 1. The largest absolute Gasteiger partial charge is 0.493 e. The fourth-order valence-corrected chi connectivity index (χ4v) is 3.86. The lowest BCUT2D eigenvalue weighted by molar-refractivity contribution is -0.113. The summed E-state index contributed by atoms with van der Waals surface area (Å²) in [5.74, 6) is 2.20. The number of rotatable bonds is 10. The van der Waals surface area contributed by atoms with E-state index < -0.39 is 0 Å². The Balaban J connectivity index is 1.58. The van der Waals surface area contributed by atoms with Gasteiger partial charge < -0.3 is 19.4 Å². The summed E-state index contributed by atoms with van der Waals surface area (Å²) in [6.07, 6.45) is 0.972. The Kier molecular flexibility index (Phi) is 7.94. The lowest BCUT2D eigenvalue weighted by Crippen LogP contribution is -2.15. The number of nitrogens with one attached hydrogen (secondary N) is 1. The third-order valence-electron chi connectivity index (χ3n) is 4.76. The zero-order valence-electron chi connectivity index (χ0n) is 18.3. The molecule has 31 heavy (non-hydrogen) atoms. The van der Waals surface area contributed by atoms with Crippen LogP contribution in [0.3, 0.4) is 0 Å². The summed E-state index contributed by atoms with van der Waals surface area (Å²) in [6, 6.07) is 13.7. The van der Waals surface area contributed by atoms with Gasteiger partial charge in [-0.2, -0.15) is 0 Å². The molecular formula is C23H28N4O3S. The Bertz CT molecular complexity index is 1020. The molecule has 1 amide bonds. The molecule has 8 heteroatoms. The second-order valence-corrected chi connectivity index (χ2v) is 7.92. The van der Waals surface area contributed by atoms with Gasteiger partial charge in [-0.1, -0.05) is 36.9 Å². The fraction of sp³-hybridized carbons (Fsp3) is 0.348. The number of carbonyl (C=O) groups is 1. The molecule has 3 aromatic rings. The molecule has 7 nitrogen and oxygen atoms in total. The molecule has 3 rings (SSSR count). The zero-order valence-corrected chi connectivity index (χ0v) is 19.2. The highest BCUT2D eigenvalue weighted by molar-refractivity contribution is 7.99. The van der Waals surface area contributed by atoms with Crippen LogP contribution in [-0.4, -0.2) is 33.5 Å². The summed E-state index contributed by atoms with van der Waals surface area (Å²) >= 11 is 1.36. The normalized spacial score (nSPS) is 10.7. The molecule has 0 aliphatic carbocycles. The first-order valence-electron chi connectivity index (χ1n) is 10.2. The fourth-order valence-electron chi connectivity index (χ4n) is 3.04. The van der Waals surface area contributed by atoms with E-state index in [1.807, 2.05) is 60.9 Å². The smallest absolute Gasteiger partial charge is 0.234 e. The molecule has 0 spiro atoms. The lowest BCUT2D eigenvalue weighted by atomic mass is 10.1. The van der Waals surface area contributed by atoms with Gasteiger partial charge in [0.2, 0.25) is 5.91 Å². The van der Waals surface area contributed by atoms with Crippen molar-refractivity contribution in [3.63, 3.8) is 0 Å². The maximum Gasteiger partial charge on any atom is 0.234 e. The van der Waals surface area contributed by atoms with E-state index in [9.17, 15) is 4.79 Å². The van der Waals surface area contributed by atoms with Gasteiger partial charge >= 0.3 is 0 Å². The van der Waals surface area contributed by atoms with Crippen molar-refractivity contribution in [2.75, 3.05) is 18.2 Å². The van der Waals surface area contributed by atoms with E-state index >= 15 is 0 Å². The number of hydrogen-bond acceptors (Lipinski definition) is 6. The predicted molar refractivity (Wildman–Crippen MR) is 123 cm³/mol. The number of nitrogens with zero attached hydrogens (tertiary/aromatic N) is 3. The first-order chi connectivity index (χ1) is 15.0. The van der Waals surface area contributed by atoms with E-state index in [2.05, 4.69) is 22.4 Å². The Labute approximate surface area is 187 Å². The van der Waals surface area contributed by atoms with Crippen LogP contribution in [0, 0.1) is 6.92 Å². The van der Waals surface area contributed by atoms with Gasteiger partial charge in [0.05, 0.1) is 12.9 Å². The topological polar surface area (TPSA) is 78.3 Å². The van der Waals surface area contributed by atoms with Gasteiger partial charge in [-0.3, -0.25) is 4.79 Å². The number of carbonyl (C=O) groups excluding carboxylic acids is 1. The minimum Gasteiger partial charge on any atom is -0.493 e. The van der Waals surface area contributed by atoms with E-state index in [1.165, 1.54) is 17.3 Å². The lowest BCUT2D eigenvalue weighted by Gasteiger charge is -2.12. The Morgan fingerprint density at radius 1 is 1.10 bits per heavy atom. The number of amides is 1. The van der Waals surface area contributed by atoms with Crippen molar-refractivity contribution in [3.05, 3.63) is 59.4 Å². The van der Waals surface area contributed by atoms with Crippen molar-refractivity contribution in [2.45, 2.75) is 45.5 Å². The van der Waals surface area contributed by atoms with Gasteiger partial charge in [0, 0.05) is 12.2 Å². The van der Waals surface area contributed by atoms with Crippen LogP contribution in [0.15, 0.2) is 47.6 Å². The maximum absolute atomic E-state index is 12.3. The molecule has 1 aromatic heterocycles. The summed E-state index contributed by atoms with van der Waals surface area (Å²) in [7, 11) is 1.62. The second-order valence-electron chi connectivity index (χ2n) is 6.97. The summed E-state index contributed by atoms with van der Waals surface area (Å²) in [4.78, 5) is 12.3. The molecular weight excluding hydrogens is 412 g/mol. The molecule has 0 atom stereocenters. The minimum absolute atomic E-state index is 0.0814. The van der Waals surface area contributed by atoms with Crippen LogP contribution in [0.4, 0.5) is 5.69 Å². The van der Waals surface area contributed by atoms with Crippen LogP contribution >= 0.6 is 11.8 Å². The minimum atomic E-state index is -0.0814. The number of benzene rings is 2. The predicted octanol–water partition coefficient (Wildman–Crippen LogP) is 4.49. The van der Waals surface area contributed by atoms with E-state index in [4.69, 9.17) is 9.47 Å². The van der Waals surface area contributed by atoms with Crippen LogP contribution in [0.25, 0.3) is 0 Å². The average molecular weight is 441 g/mol. The van der Waals surface area contributed by atoms with Crippen LogP contribution < -0.4 is 14.8 Å². The zero-order chi connectivity index (χ0) is 22.2. The molecule has 2 aromatic carbocycles. The van der Waals surface area contributed by atoms with Crippen LogP contribution in [0.5, 0.6) is 11.5 Å². The Hall–Kier alpha value is -3.00. The van der Waals surface area contributed by atoms with E-state index in [0.29, 0.717) is 29.0 Å². The summed E-state index contributed by atoms with van der Waals surface area (Å²) in [5, 5.41) is 12.1. The molecule has 164 valence electrons. The van der Waals surface area contributed by atoms with Crippen molar-refractivity contribution in [1.29, 1.82) is 0 Å². The first kappa shape index (κ1) is 22.7. The SMILES string of the molecule is CCc1ccc(NC(=O)CSc2nnc(COc3ccc(C)cc3OC)n2CC)cc1. The van der Waals surface area contributed by atoms with Crippen molar-refractivity contribution < 1.29 is 14.3 Å². The molecule has 1 heterocycles. The van der Waals surface area contributed by atoms with Gasteiger partial charge in [0.25, 0.3) is 0 Å². The van der Waals surface area contributed by atoms with Crippen molar-refractivity contribution >= 4 is 23.4 Å². The summed E-state index contributed by atoms with van der Waals surface area (Å²) in [6.45, 7) is 7.05. The maximum atomic E-state index is 12.3. The molecule has 0 saturated carbocycles. The Morgan fingerprint density at radius 2 is 1.87 bits per heavy atom. The van der Waals surface area contributed by atoms with Crippen molar-refractivity contribution in [2.24, 2.45) is 0 Å². The van der Waals surface area contributed by atoms with Gasteiger partial charge in [-0.25, -0.2) is 0 Å². The molecule has 0 radical (unpaired) electrons. The number of thioether (sulfide) groups is 1. The summed E-state index contributed by atoms with van der Waals surface area (Å²) < 4.78 is 13.3. The number of hydrogen-bond donors (Lipinski definition) is 1. The second kappa shape index (κ2) is 10.9. The van der Waals surface area contributed by atoms with Gasteiger partial charge in [-0.15, -0.1) is 10.2 Å². The number of anilines is 1. The standard InChI is InChI=1S/C23H28N4O3S/c1-5-17-8-10-18(11-9-17)24-22(28)15-31-23-26-25-21(27(23)6-2)14-30-19-12-7-16(3)13-20(19)29-4/h7-13H,5-6,14-15H2,1-4H3,(H,24,28).